The SMILES string of the molecule is [18F]c1cncc(C2CC3CCC2C3)c1. The second-order valence-corrected chi connectivity index (χ2v) is 4.72. The van der Waals surface area contributed by atoms with Gasteiger partial charge in [0.15, 0.2) is 0 Å². The molecule has 1 aromatic heterocycles. The summed E-state index contributed by atoms with van der Waals surface area (Å²) in [5.41, 5.74) is 1.12. The lowest BCUT2D eigenvalue weighted by Crippen LogP contribution is -2.08. The van der Waals surface area contributed by atoms with Gasteiger partial charge in [0.2, 0.25) is 0 Å². The highest BCUT2D eigenvalue weighted by Crippen LogP contribution is 2.52. The lowest BCUT2D eigenvalue weighted by atomic mass is 9.84. The van der Waals surface area contributed by atoms with E-state index in [2.05, 4.69) is 4.98 Å². The molecule has 3 unspecified atom stereocenters. The minimum Gasteiger partial charge on any atom is -0.261 e. The predicted octanol–water partition coefficient (Wildman–Crippen LogP) is 3.12. The molecule has 0 saturated heterocycles. The van der Waals surface area contributed by atoms with E-state index in [-0.39, 0.29) is 5.82 Å². The number of rotatable bonds is 1. The minimum absolute atomic E-state index is 0.190. The highest BCUT2D eigenvalue weighted by Gasteiger charge is 2.40. The molecule has 2 bridgehead atoms. The fourth-order valence-corrected chi connectivity index (χ4v) is 3.28. The third-order valence-corrected chi connectivity index (χ3v) is 3.89. The van der Waals surface area contributed by atoms with Crippen molar-refractivity contribution in [1.29, 1.82) is 0 Å². The molecular weight excluding hydrogens is 176 g/mol. The molecule has 0 N–H and O–H groups in total. The molecule has 0 amide bonds. The average molecular weight is 190 g/mol. The number of nitrogens with zero attached hydrogens (tertiary/aromatic N) is 1. The molecule has 1 aromatic rings. The Kier molecular flexibility index (Phi) is 1.82. The van der Waals surface area contributed by atoms with Gasteiger partial charge in [-0.2, -0.15) is 0 Å². The van der Waals surface area contributed by atoms with Crippen molar-refractivity contribution in [3.05, 3.63) is 29.8 Å². The van der Waals surface area contributed by atoms with Gasteiger partial charge in [-0.05, 0) is 48.6 Å². The van der Waals surface area contributed by atoms with Crippen LogP contribution < -0.4 is 0 Å². The summed E-state index contributed by atoms with van der Waals surface area (Å²) >= 11 is 0. The summed E-state index contributed by atoms with van der Waals surface area (Å²) < 4.78 is 13.0. The molecule has 3 atom stereocenters. The summed E-state index contributed by atoms with van der Waals surface area (Å²) in [6.07, 6.45) is 8.48. The molecule has 2 heteroatoms. The van der Waals surface area contributed by atoms with Crippen molar-refractivity contribution in [2.75, 3.05) is 0 Å². The Morgan fingerprint density at radius 2 is 2.14 bits per heavy atom. The van der Waals surface area contributed by atoms with Gasteiger partial charge in [-0.15, -0.1) is 0 Å². The monoisotopic (exact) mass is 190 g/mol. The van der Waals surface area contributed by atoms with Crippen molar-refractivity contribution in [2.24, 2.45) is 11.8 Å². The van der Waals surface area contributed by atoms with Gasteiger partial charge in [0.1, 0.15) is 5.82 Å². The van der Waals surface area contributed by atoms with Crippen molar-refractivity contribution >= 4 is 0 Å². The zero-order chi connectivity index (χ0) is 9.54. The Hall–Kier alpha value is -0.920. The van der Waals surface area contributed by atoms with Crippen LogP contribution in [0.4, 0.5) is 4.39 Å². The number of fused-ring (bicyclic) bond motifs is 2. The van der Waals surface area contributed by atoms with Crippen LogP contribution in [0.2, 0.25) is 0 Å². The number of pyridine rings is 1. The van der Waals surface area contributed by atoms with Crippen LogP contribution in [-0.2, 0) is 0 Å². The zero-order valence-corrected chi connectivity index (χ0v) is 8.12. The summed E-state index contributed by atoms with van der Waals surface area (Å²) in [7, 11) is 0. The Morgan fingerprint density at radius 1 is 1.21 bits per heavy atom. The molecule has 1 heterocycles. The fraction of sp³-hybridized carbons (Fsp3) is 0.583. The quantitative estimate of drug-likeness (QED) is 0.663. The first kappa shape index (κ1) is 8.39. The Bertz CT molecular complexity index is 350. The lowest BCUT2D eigenvalue weighted by Gasteiger charge is -2.21. The van der Waals surface area contributed by atoms with Crippen LogP contribution >= 0.6 is 0 Å². The predicted molar refractivity (Wildman–Crippen MR) is 52.4 cm³/mol. The van der Waals surface area contributed by atoms with E-state index in [0.717, 1.165) is 17.4 Å². The van der Waals surface area contributed by atoms with Gasteiger partial charge in [-0.1, -0.05) is 6.42 Å². The summed E-state index contributed by atoms with van der Waals surface area (Å²) in [4.78, 5) is 3.94. The van der Waals surface area contributed by atoms with Gasteiger partial charge in [-0.25, -0.2) is 4.39 Å². The third kappa shape index (κ3) is 1.24. The standard InChI is InChI=1S/C12H14FN/c13-11-5-10(6-14-7-11)12-4-8-1-2-9(12)3-8/h5-9,12H,1-4H2/i13-1. The van der Waals surface area contributed by atoms with Crippen molar-refractivity contribution < 1.29 is 4.39 Å². The van der Waals surface area contributed by atoms with Gasteiger partial charge in [-0.3, -0.25) is 4.98 Å². The molecule has 2 saturated carbocycles. The maximum Gasteiger partial charge on any atom is 0.141 e. The molecule has 74 valence electrons. The maximum atomic E-state index is 13.0. The Balaban J connectivity index is 1.89. The second kappa shape index (κ2) is 3.04. The Labute approximate surface area is 83.4 Å². The zero-order valence-electron chi connectivity index (χ0n) is 8.12. The van der Waals surface area contributed by atoms with E-state index in [1.807, 2.05) is 6.20 Å². The van der Waals surface area contributed by atoms with Crippen LogP contribution in [0.1, 0.15) is 37.2 Å². The van der Waals surface area contributed by atoms with E-state index in [9.17, 15) is 4.39 Å². The van der Waals surface area contributed by atoms with Crippen LogP contribution in [0.25, 0.3) is 0 Å². The molecule has 2 aliphatic carbocycles. The summed E-state index contributed by atoms with van der Waals surface area (Å²) in [6.45, 7) is 0. The molecule has 14 heavy (non-hydrogen) atoms. The van der Waals surface area contributed by atoms with Crippen molar-refractivity contribution in [3.63, 3.8) is 0 Å². The van der Waals surface area contributed by atoms with Crippen LogP contribution in [-0.4, -0.2) is 4.98 Å². The van der Waals surface area contributed by atoms with E-state index in [4.69, 9.17) is 0 Å². The first-order valence-corrected chi connectivity index (χ1v) is 5.43. The van der Waals surface area contributed by atoms with Gasteiger partial charge < -0.3 is 0 Å². The molecule has 3 rings (SSSR count). The molecule has 0 radical (unpaired) electrons. The second-order valence-electron chi connectivity index (χ2n) is 4.72. The van der Waals surface area contributed by atoms with Crippen molar-refractivity contribution in [1.82, 2.24) is 4.98 Å². The topological polar surface area (TPSA) is 12.9 Å². The van der Waals surface area contributed by atoms with Crippen LogP contribution in [0.5, 0.6) is 0 Å². The van der Waals surface area contributed by atoms with E-state index in [1.165, 1.54) is 31.9 Å². The molecule has 0 aliphatic heterocycles. The summed E-state index contributed by atoms with van der Waals surface area (Å²) in [5.74, 6) is 2.12. The Morgan fingerprint density at radius 3 is 2.79 bits per heavy atom. The molecule has 0 spiro atoms. The van der Waals surface area contributed by atoms with E-state index < -0.39 is 0 Å². The maximum absolute atomic E-state index is 13.0. The fourth-order valence-electron chi connectivity index (χ4n) is 3.28. The van der Waals surface area contributed by atoms with E-state index in [0.29, 0.717) is 5.92 Å². The van der Waals surface area contributed by atoms with Crippen LogP contribution in [0.15, 0.2) is 18.5 Å². The highest BCUT2D eigenvalue weighted by atomic mass is 18.2. The molecule has 2 aliphatic rings. The normalized spacial score (nSPS) is 35.1. The van der Waals surface area contributed by atoms with Gasteiger partial charge in [0, 0.05) is 6.20 Å². The van der Waals surface area contributed by atoms with Gasteiger partial charge >= 0.3 is 0 Å². The molecule has 1 nitrogen and oxygen atoms in total. The highest BCUT2D eigenvalue weighted by molar-refractivity contribution is 5.20. The number of aromatic nitrogens is 1. The van der Waals surface area contributed by atoms with Gasteiger partial charge in [0.25, 0.3) is 0 Å². The van der Waals surface area contributed by atoms with Crippen molar-refractivity contribution in [2.45, 2.75) is 31.6 Å². The number of halogens is 1. The van der Waals surface area contributed by atoms with E-state index in [1.54, 1.807) is 6.07 Å². The van der Waals surface area contributed by atoms with Crippen LogP contribution in [0, 0.1) is 17.7 Å². The number of hydrogen-bond acceptors (Lipinski definition) is 1. The van der Waals surface area contributed by atoms with Crippen molar-refractivity contribution in [3.8, 4) is 0 Å². The van der Waals surface area contributed by atoms with Gasteiger partial charge in [0.05, 0.1) is 6.20 Å². The summed E-state index contributed by atoms with van der Waals surface area (Å²) in [5, 5.41) is 0. The third-order valence-electron chi connectivity index (χ3n) is 3.89. The first-order chi connectivity index (χ1) is 6.83. The number of hydrogen-bond donors (Lipinski definition) is 0. The molecule has 2 fully saturated rings. The summed E-state index contributed by atoms with van der Waals surface area (Å²) in [6, 6.07) is 1.67. The minimum atomic E-state index is -0.190. The largest absolute Gasteiger partial charge is 0.261 e. The lowest BCUT2D eigenvalue weighted by molar-refractivity contribution is 0.417. The van der Waals surface area contributed by atoms with Crippen LogP contribution in [0.3, 0.4) is 0 Å². The average Bonchev–Trinajstić information content (AvgIpc) is 2.78. The smallest absolute Gasteiger partial charge is 0.141 e. The molecule has 0 aromatic carbocycles. The molecular formula is C12H14FN. The van der Waals surface area contributed by atoms with E-state index >= 15 is 0 Å². The first-order valence-electron chi connectivity index (χ1n) is 5.43.